The second-order valence-electron chi connectivity index (χ2n) is 5.87. The molecule has 0 aromatic heterocycles. The van der Waals surface area contributed by atoms with Gasteiger partial charge in [-0.05, 0) is 73.6 Å². The number of hydrogen-bond donors (Lipinski definition) is 0. The Morgan fingerprint density at radius 3 is 1.62 bits per heavy atom. The van der Waals surface area contributed by atoms with Gasteiger partial charge in [0.2, 0.25) is 0 Å². The summed E-state index contributed by atoms with van der Waals surface area (Å²) in [6.07, 6.45) is 2.80. The number of rotatable bonds is 2. The van der Waals surface area contributed by atoms with E-state index in [-0.39, 0.29) is 0 Å². The van der Waals surface area contributed by atoms with Gasteiger partial charge in [0.1, 0.15) is 0 Å². The third kappa shape index (κ3) is 7.24. The molecule has 1 rings (SSSR count). The van der Waals surface area contributed by atoms with Crippen molar-refractivity contribution >= 4 is 0 Å². The molecule has 0 radical (unpaired) electrons. The third-order valence-corrected chi connectivity index (χ3v) is 3.58. The first-order valence-corrected chi connectivity index (χ1v) is 6.75. The van der Waals surface area contributed by atoms with E-state index < -0.39 is 0 Å². The quantitative estimate of drug-likeness (QED) is 0.716. The highest BCUT2D eigenvalue weighted by Gasteiger charge is 2.16. The summed E-state index contributed by atoms with van der Waals surface area (Å²) in [7, 11) is 4.15. The Bertz CT molecular complexity index is 150. The van der Waals surface area contributed by atoms with E-state index in [1.165, 1.54) is 25.9 Å². The van der Waals surface area contributed by atoms with Crippen LogP contribution in [0.4, 0.5) is 0 Å². The van der Waals surface area contributed by atoms with Crippen LogP contribution in [0.15, 0.2) is 0 Å². The molecule has 98 valence electrons. The molecule has 2 heteroatoms. The molecule has 1 aliphatic heterocycles. The molecule has 0 N–H and O–H groups in total. The van der Waals surface area contributed by atoms with Crippen LogP contribution in [0.5, 0.6) is 0 Å². The number of likely N-dealkylation sites (tertiary alicyclic amines) is 1. The van der Waals surface area contributed by atoms with Crippen molar-refractivity contribution in [2.24, 2.45) is 5.92 Å². The Morgan fingerprint density at radius 1 is 1.00 bits per heavy atom. The topological polar surface area (TPSA) is 6.48 Å². The van der Waals surface area contributed by atoms with Gasteiger partial charge in [0.15, 0.2) is 0 Å². The number of nitrogens with zero attached hydrogens (tertiary/aromatic N) is 2. The highest BCUT2D eigenvalue weighted by Crippen LogP contribution is 2.17. The Kier molecular flexibility index (Phi) is 8.04. The monoisotopic (exact) mass is 228 g/mol. The number of hydrogen-bond acceptors (Lipinski definition) is 2. The lowest BCUT2D eigenvalue weighted by Crippen LogP contribution is -2.37. The van der Waals surface area contributed by atoms with Crippen molar-refractivity contribution in [2.45, 2.75) is 59.5 Å². The van der Waals surface area contributed by atoms with Gasteiger partial charge in [-0.1, -0.05) is 6.92 Å². The van der Waals surface area contributed by atoms with Crippen LogP contribution in [0.1, 0.15) is 47.5 Å². The predicted octanol–water partition coefficient (Wildman–Crippen LogP) is 3.08. The first-order chi connectivity index (χ1) is 7.34. The molecule has 2 nitrogen and oxygen atoms in total. The summed E-state index contributed by atoms with van der Waals surface area (Å²) >= 11 is 0. The van der Waals surface area contributed by atoms with Crippen LogP contribution in [0.2, 0.25) is 0 Å². The molecule has 1 aliphatic rings. The summed E-state index contributed by atoms with van der Waals surface area (Å²) in [6, 6.07) is 1.44. The molecule has 0 aliphatic carbocycles. The molecule has 0 amide bonds. The van der Waals surface area contributed by atoms with Crippen molar-refractivity contribution in [3.8, 4) is 0 Å². The molecule has 0 aromatic rings. The zero-order valence-electron chi connectivity index (χ0n) is 12.5. The minimum atomic E-state index is 0.685. The van der Waals surface area contributed by atoms with Gasteiger partial charge in [0.25, 0.3) is 0 Å². The van der Waals surface area contributed by atoms with Crippen LogP contribution < -0.4 is 0 Å². The van der Waals surface area contributed by atoms with Gasteiger partial charge in [-0.25, -0.2) is 0 Å². The Labute approximate surface area is 103 Å². The molecule has 0 spiro atoms. The van der Waals surface area contributed by atoms with Gasteiger partial charge < -0.3 is 9.80 Å². The molecule has 0 unspecified atom stereocenters. The molecule has 0 atom stereocenters. The van der Waals surface area contributed by atoms with Crippen LogP contribution in [0.25, 0.3) is 0 Å². The van der Waals surface area contributed by atoms with E-state index in [0.29, 0.717) is 6.04 Å². The minimum Gasteiger partial charge on any atom is -0.307 e. The number of piperidine rings is 1. The van der Waals surface area contributed by atoms with E-state index in [1.807, 2.05) is 0 Å². The van der Waals surface area contributed by atoms with Gasteiger partial charge in [-0.15, -0.1) is 0 Å². The van der Waals surface area contributed by atoms with Crippen molar-refractivity contribution < 1.29 is 0 Å². The van der Waals surface area contributed by atoms with Crippen molar-refractivity contribution in [3.05, 3.63) is 0 Å². The third-order valence-electron chi connectivity index (χ3n) is 3.58. The normalized spacial score (nSPS) is 19.1. The largest absolute Gasteiger partial charge is 0.307 e. The van der Waals surface area contributed by atoms with Crippen LogP contribution in [-0.2, 0) is 0 Å². The second-order valence-corrected chi connectivity index (χ2v) is 5.87. The fourth-order valence-corrected chi connectivity index (χ4v) is 1.54. The Hall–Kier alpha value is -0.0800. The first-order valence-electron chi connectivity index (χ1n) is 6.75. The van der Waals surface area contributed by atoms with Crippen molar-refractivity contribution in [1.82, 2.24) is 9.80 Å². The van der Waals surface area contributed by atoms with Gasteiger partial charge >= 0.3 is 0 Å². The second kappa shape index (κ2) is 8.08. The van der Waals surface area contributed by atoms with E-state index in [1.54, 1.807) is 0 Å². The summed E-state index contributed by atoms with van der Waals surface area (Å²) in [5.41, 5.74) is 0. The molecular formula is C14H32N2. The van der Waals surface area contributed by atoms with Crippen molar-refractivity contribution in [2.75, 3.05) is 27.2 Å². The molecular weight excluding hydrogens is 196 g/mol. The Morgan fingerprint density at radius 2 is 1.38 bits per heavy atom. The van der Waals surface area contributed by atoms with Gasteiger partial charge in [-0.3, -0.25) is 0 Å². The van der Waals surface area contributed by atoms with Crippen LogP contribution in [0, 0.1) is 5.92 Å². The summed E-state index contributed by atoms with van der Waals surface area (Å²) in [4.78, 5) is 4.74. The average molecular weight is 228 g/mol. The zero-order valence-corrected chi connectivity index (χ0v) is 12.5. The molecule has 0 saturated carbocycles. The molecule has 16 heavy (non-hydrogen) atoms. The summed E-state index contributed by atoms with van der Waals surface area (Å²) in [6.45, 7) is 13.9. The molecule has 1 saturated heterocycles. The van der Waals surface area contributed by atoms with Crippen molar-refractivity contribution in [1.29, 1.82) is 0 Å². The van der Waals surface area contributed by atoms with Gasteiger partial charge in [-0.2, -0.15) is 0 Å². The maximum atomic E-state index is 2.57. The molecule has 0 bridgehead atoms. The van der Waals surface area contributed by atoms with Crippen molar-refractivity contribution in [3.63, 3.8) is 0 Å². The molecule has 1 fully saturated rings. The van der Waals surface area contributed by atoms with E-state index in [0.717, 1.165) is 12.0 Å². The maximum absolute atomic E-state index is 2.57. The fourth-order valence-electron chi connectivity index (χ4n) is 1.54. The highest BCUT2D eigenvalue weighted by atomic mass is 15.1. The van der Waals surface area contributed by atoms with E-state index >= 15 is 0 Å². The Balaban J connectivity index is 0.000000325. The lowest BCUT2D eigenvalue weighted by molar-refractivity contribution is 0.156. The van der Waals surface area contributed by atoms with Crippen LogP contribution in [-0.4, -0.2) is 49.1 Å². The summed E-state index contributed by atoms with van der Waals surface area (Å²) in [5.74, 6) is 0.968. The summed E-state index contributed by atoms with van der Waals surface area (Å²) < 4.78 is 0. The minimum absolute atomic E-state index is 0.685. The average Bonchev–Trinajstić information content (AvgIpc) is 2.19. The summed E-state index contributed by atoms with van der Waals surface area (Å²) in [5, 5.41) is 0. The highest BCUT2D eigenvalue weighted by molar-refractivity contribution is 4.71. The van der Waals surface area contributed by atoms with E-state index in [9.17, 15) is 0 Å². The lowest BCUT2D eigenvalue weighted by atomic mass is 9.98. The molecule has 0 aromatic carbocycles. The lowest BCUT2D eigenvalue weighted by Gasteiger charge is -2.33. The van der Waals surface area contributed by atoms with Gasteiger partial charge in [0, 0.05) is 12.1 Å². The standard InChI is InChI=1S/C9H19N.C5H13N/c1-8(2)10-6-4-9(3)5-7-10;1-5(2)6(3)4/h8-9H,4-7H2,1-3H3;5H,1-4H3. The smallest absolute Gasteiger partial charge is 0.00385 e. The van der Waals surface area contributed by atoms with Gasteiger partial charge in [0.05, 0.1) is 0 Å². The van der Waals surface area contributed by atoms with E-state index in [2.05, 4.69) is 58.5 Å². The SMILES string of the molecule is CC(C)N(C)C.CC1CCN(C(C)C)CC1. The van der Waals surface area contributed by atoms with Crippen LogP contribution >= 0.6 is 0 Å². The fraction of sp³-hybridized carbons (Fsp3) is 1.00. The maximum Gasteiger partial charge on any atom is 0.00385 e. The predicted molar refractivity (Wildman–Crippen MR) is 73.9 cm³/mol. The zero-order chi connectivity index (χ0) is 12.7. The molecule has 1 heterocycles. The van der Waals surface area contributed by atoms with E-state index in [4.69, 9.17) is 0 Å². The van der Waals surface area contributed by atoms with Crippen LogP contribution in [0.3, 0.4) is 0 Å². The first kappa shape index (κ1) is 15.9.